The molecule has 148 valence electrons. The number of benzene rings is 1. The summed E-state index contributed by atoms with van der Waals surface area (Å²) in [5.74, 6) is 0.995. The van der Waals surface area contributed by atoms with E-state index in [4.69, 9.17) is 9.47 Å². The number of unbranched alkanes of at least 4 members (excludes halogenated alkanes) is 2. The number of amides is 1. The van der Waals surface area contributed by atoms with E-state index in [-0.39, 0.29) is 12.5 Å². The van der Waals surface area contributed by atoms with Crippen molar-refractivity contribution in [3.8, 4) is 11.5 Å². The van der Waals surface area contributed by atoms with Gasteiger partial charge in [0.05, 0.1) is 13.7 Å². The molecule has 0 saturated carbocycles. The Morgan fingerprint density at radius 1 is 1.22 bits per heavy atom. The summed E-state index contributed by atoms with van der Waals surface area (Å²) >= 11 is 1.68. The summed E-state index contributed by atoms with van der Waals surface area (Å²) in [6.45, 7) is 3.20. The van der Waals surface area contributed by atoms with E-state index in [1.165, 1.54) is 4.88 Å². The van der Waals surface area contributed by atoms with Crippen molar-refractivity contribution in [3.63, 3.8) is 0 Å². The van der Waals surface area contributed by atoms with E-state index < -0.39 is 0 Å². The molecule has 5 nitrogen and oxygen atoms in total. The van der Waals surface area contributed by atoms with Gasteiger partial charge in [-0.05, 0) is 36.4 Å². The summed E-state index contributed by atoms with van der Waals surface area (Å²) in [5.41, 5.74) is 1.23. The molecule has 1 heterocycles. The second-order valence-electron chi connectivity index (χ2n) is 6.24. The van der Waals surface area contributed by atoms with Crippen LogP contribution in [0, 0.1) is 0 Å². The molecule has 0 unspecified atom stereocenters. The van der Waals surface area contributed by atoms with E-state index in [9.17, 15) is 9.90 Å². The number of hydrogen-bond donors (Lipinski definition) is 2. The molecule has 0 bridgehead atoms. The molecule has 2 aromatic rings. The zero-order valence-electron chi connectivity index (χ0n) is 16.1. The van der Waals surface area contributed by atoms with Crippen LogP contribution in [0.5, 0.6) is 11.5 Å². The molecule has 0 radical (unpaired) electrons. The molecule has 0 atom stereocenters. The molecule has 0 saturated heterocycles. The summed E-state index contributed by atoms with van der Waals surface area (Å²) in [5, 5.41) is 14.5. The van der Waals surface area contributed by atoms with Crippen LogP contribution in [0.3, 0.4) is 0 Å². The van der Waals surface area contributed by atoms with Gasteiger partial charge in [0.1, 0.15) is 0 Å². The molecule has 0 fully saturated rings. The topological polar surface area (TPSA) is 67.8 Å². The highest BCUT2D eigenvalue weighted by atomic mass is 32.1. The van der Waals surface area contributed by atoms with Crippen LogP contribution in [-0.4, -0.2) is 37.9 Å². The Kier molecular flexibility index (Phi) is 9.15. The van der Waals surface area contributed by atoms with Crippen molar-refractivity contribution in [1.82, 2.24) is 5.32 Å². The highest BCUT2D eigenvalue weighted by molar-refractivity contribution is 7.09. The number of nitrogens with one attached hydrogen (secondary N) is 1. The quantitative estimate of drug-likeness (QED) is 0.540. The van der Waals surface area contributed by atoms with E-state index in [1.807, 2.05) is 11.4 Å². The lowest BCUT2D eigenvalue weighted by Gasteiger charge is -2.18. The zero-order chi connectivity index (χ0) is 19.5. The maximum atomic E-state index is 12.7. The van der Waals surface area contributed by atoms with Crippen molar-refractivity contribution in [2.45, 2.75) is 39.0 Å². The first-order valence-electron chi connectivity index (χ1n) is 9.45. The van der Waals surface area contributed by atoms with Gasteiger partial charge in [-0.15, -0.1) is 11.3 Å². The SMILES string of the molecule is CCCCCOc1c(OC)ccc(C(=O)NCCc2cccs2)c1CCO. The van der Waals surface area contributed by atoms with Crippen LogP contribution in [-0.2, 0) is 12.8 Å². The van der Waals surface area contributed by atoms with Crippen LogP contribution < -0.4 is 14.8 Å². The Hall–Kier alpha value is -2.05. The van der Waals surface area contributed by atoms with Gasteiger partial charge < -0.3 is 19.9 Å². The monoisotopic (exact) mass is 391 g/mol. The Morgan fingerprint density at radius 3 is 2.74 bits per heavy atom. The number of thiophene rings is 1. The fourth-order valence-corrected chi connectivity index (χ4v) is 3.58. The molecule has 6 heteroatoms. The van der Waals surface area contributed by atoms with Gasteiger partial charge in [0, 0.05) is 35.6 Å². The number of methoxy groups -OCH3 is 1. The Bertz CT molecular complexity index is 700. The molecular formula is C21H29NO4S. The first kappa shape index (κ1) is 21.3. The lowest BCUT2D eigenvalue weighted by atomic mass is 10.0. The minimum Gasteiger partial charge on any atom is -0.493 e. The van der Waals surface area contributed by atoms with Gasteiger partial charge in [0.25, 0.3) is 5.91 Å². The van der Waals surface area contributed by atoms with E-state index in [1.54, 1.807) is 30.6 Å². The van der Waals surface area contributed by atoms with Crippen LogP contribution in [0.2, 0.25) is 0 Å². The maximum Gasteiger partial charge on any atom is 0.251 e. The van der Waals surface area contributed by atoms with Crippen LogP contribution in [0.1, 0.15) is 47.0 Å². The van der Waals surface area contributed by atoms with Gasteiger partial charge in [-0.2, -0.15) is 0 Å². The lowest BCUT2D eigenvalue weighted by molar-refractivity contribution is 0.0952. The molecular weight excluding hydrogens is 362 g/mol. The highest BCUT2D eigenvalue weighted by Crippen LogP contribution is 2.34. The fourth-order valence-electron chi connectivity index (χ4n) is 2.87. The van der Waals surface area contributed by atoms with Gasteiger partial charge in [-0.3, -0.25) is 4.79 Å². The first-order valence-corrected chi connectivity index (χ1v) is 10.3. The Balaban J connectivity index is 2.13. The fraction of sp³-hybridized carbons (Fsp3) is 0.476. The molecule has 0 spiro atoms. The number of hydrogen-bond acceptors (Lipinski definition) is 5. The zero-order valence-corrected chi connectivity index (χ0v) is 16.9. The minimum absolute atomic E-state index is 0.0615. The average molecular weight is 392 g/mol. The standard InChI is InChI=1S/C21H29NO4S/c1-3-4-5-14-26-20-17(11-13-23)18(8-9-19(20)25-2)21(24)22-12-10-16-7-6-15-27-16/h6-9,15,23H,3-5,10-14H2,1-2H3,(H,22,24). The predicted molar refractivity (Wildman–Crippen MR) is 109 cm³/mol. The molecule has 1 aromatic heterocycles. The van der Waals surface area contributed by atoms with Gasteiger partial charge in [0.2, 0.25) is 0 Å². The van der Waals surface area contributed by atoms with E-state index in [0.29, 0.717) is 42.2 Å². The van der Waals surface area contributed by atoms with Crippen LogP contribution >= 0.6 is 11.3 Å². The van der Waals surface area contributed by atoms with E-state index in [0.717, 1.165) is 25.7 Å². The van der Waals surface area contributed by atoms with Gasteiger partial charge in [-0.25, -0.2) is 0 Å². The molecule has 27 heavy (non-hydrogen) atoms. The summed E-state index contributed by atoms with van der Waals surface area (Å²) in [6, 6.07) is 7.56. The lowest BCUT2D eigenvalue weighted by Crippen LogP contribution is -2.27. The number of rotatable bonds is 12. The van der Waals surface area contributed by atoms with Crippen LogP contribution in [0.4, 0.5) is 0 Å². The van der Waals surface area contributed by atoms with Crippen molar-refractivity contribution in [3.05, 3.63) is 45.6 Å². The van der Waals surface area contributed by atoms with E-state index >= 15 is 0 Å². The smallest absolute Gasteiger partial charge is 0.251 e. The van der Waals surface area contributed by atoms with Gasteiger partial charge in [0.15, 0.2) is 11.5 Å². The number of aliphatic hydroxyl groups excluding tert-OH is 1. The van der Waals surface area contributed by atoms with Gasteiger partial charge in [-0.1, -0.05) is 25.8 Å². The van der Waals surface area contributed by atoms with Crippen LogP contribution in [0.25, 0.3) is 0 Å². The van der Waals surface area contributed by atoms with Crippen molar-refractivity contribution in [2.75, 3.05) is 26.9 Å². The second kappa shape index (κ2) is 11.6. The molecule has 1 aromatic carbocycles. The molecule has 1 amide bonds. The molecule has 0 aliphatic carbocycles. The number of carbonyl (C=O) groups excluding carboxylic acids is 1. The highest BCUT2D eigenvalue weighted by Gasteiger charge is 2.19. The van der Waals surface area contributed by atoms with Crippen molar-refractivity contribution >= 4 is 17.2 Å². The Labute approximate surface area is 165 Å². The number of ether oxygens (including phenoxy) is 2. The molecule has 0 aliphatic heterocycles. The van der Waals surface area contributed by atoms with Crippen molar-refractivity contribution in [1.29, 1.82) is 0 Å². The third-order valence-electron chi connectivity index (χ3n) is 4.28. The molecule has 2 N–H and O–H groups in total. The summed E-state index contributed by atoms with van der Waals surface area (Å²) in [6.07, 6.45) is 4.27. The molecule has 0 aliphatic rings. The van der Waals surface area contributed by atoms with Crippen molar-refractivity contribution in [2.24, 2.45) is 0 Å². The summed E-state index contributed by atoms with van der Waals surface area (Å²) in [7, 11) is 1.58. The Morgan fingerprint density at radius 2 is 2.07 bits per heavy atom. The first-order chi connectivity index (χ1) is 13.2. The number of carbonyl (C=O) groups is 1. The largest absolute Gasteiger partial charge is 0.493 e. The minimum atomic E-state index is -0.156. The third kappa shape index (κ3) is 6.26. The second-order valence-corrected chi connectivity index (χ2v) is 7.27. The van der Waals surface area contributed by atoms with Crippen LogP contribution in [0.15, 0.2) is 29.6 Å². The number of aliphatic hydroxyl groups is 1. The maximum absolute atomic E-state index is 12.7. The predicted octanol–water partition coefficient (Wildman–Crippen LogP) is 3.83. The molecule has 2 rings (SSSR count). The van der Waals surface area contributed by atoms with Gasteiger partial charge >= 0.3 is 0 Å². The summed E-state index contributed by atoms with van der Waals surface area (Å²) in [4.78, 5) is 13.9. The van der Waals surface area contributed by atoms with Crippen molar-refractivity contribution < 1.29 is 19.4 Å². The average Bonchev–Trinajstić information content (AvgIpc) is 3.19. The normalized spacial score (nSPS) is 10.6. The summed E-state index contributed by atoms with van der Waals surface area (Å²) < 4.78 is 11.4. The van der Waals surface area contributed by atoms with E-state index in [2.05, 4.69) is 18.3 Å². The third-order valence-corrected chi connectivity index (χ3v) is 5.22.